The summed E-state index contributed by atoms with van der Waals surface area (Å²) < 4.78 is 0. The van der Waals surface area contributed by atoms with Gasteiger partial charge in [-0.05, 0) is 48.9 Å². The minimum absolute atomic E-state index is 0.0636. The van der Waals surface area contributed by atoms with Crippen molar-refractivity contribution in [1.82, 2.24) is 15.6 Å². The van der Waals surface area contributed by atoms with Crippen molar-refractivity contribution in [2.45, 2.75) is 40.2 Å². The second-order valence-corrected chi connectivity index (χ2v) is 5.97. The molecule has 0 saturated heterocycles. The number of hydrazine groups is 1. The van der Waals surface area contributed by atoms with Gasteiger partial charge in [0, 0.05) is 0 Å². The highest BCUT2D eigenvalue weighted by Gasteiger charge is 2.16. The van der Waals surface area contributed by atoms with Gasteiger partial charge in [0.15, 0.2) is 0 Å². The molecule has 0 aliphatic heterocycles. The quantitative estimate of drug-likeness (QED) is 0.654. The summed E-state index contributed by atoms with van der Waals surface area (Å²) in [6, 6.07) is 10.6. The van der Waals surface area contributed by atoms with Gasteiger partial charge in [0.25, 0.3) is 0 Å². The summed E-state index contributed by atoms with van der Waals surface area (Å²) in [6.07, 6.45) is 1.07. The standard InChI is InChI=1S/C17H24N4/c1-11(2)8-14-6-5-7-15(10-14)17(19-18)16-9-12(3)20-21-13(16)4/h5-7,9-11,17,19H,8,18H2,1-4H3. The van der Waals surface area contributed by atoms with Crippen LogP contribution >= 0.6 is 0 Å². The van der Waals surface area contributed by atoms with Crippen molar-refractivity contribution >= 4 is 0 Å². The Morgan fingerprint density at radius 3 is 2.57 bits per heavy atom. The van der Waals surface area contributed by atoms with Crippen LogP contribution in [0.3, 0.4) is 0 Å². The fraction of sp³-hybridized carbons (Fsp3) is 0.412. The smallest absolute Gasteiger partial charge is 0.0729 e. The van der Waals surface area contributed by atoms with E-state index in [2.05, 4.69) is 53.7 Å². The lowest BCUT2D eigenvalue weighted by Gasteiger charge is -2.19. The number of hydrogen-bond acceptors (Lipinski definition) is 4. The predicted octanol–water partition coefficient (Wildman–Crippen LogP) is 2.84. The Hall–Kier alpha value is -1.78. The van der Waals surface area contributed by atoms with Crippen LogP contribution in [0.2, 0.25) is 0 Å². The highest BCUT2D eigenvalue weighted by Crippen LogP contribution is 2.25. The summed E-state index contributed by atoms with van der Waals surface area (Å²) in [5.74, 6) is 6.44. The van der Waals surface area contributed by atoms with Gasteiger partial charge >= 0.3 is 0 Å². The van der Waals surface area contributed by atoms with E-state index in [-0.39, 0.29) is 6.04 Å². The summed E-state index contributed by atoms with van der Waals surface area (Å²) in [4.78, 5) is 0. The lowest BCUT2D eigenvalue weighted by molar-refractivity contribution is 0.619. The van der Waals surface area contributed by atoms with E-state index >= 15 is 0 Å². The van der Waals surface area contributed by atoms with Crippen LogP contribution in [-0.4, -0.2) is 10.2 Å². The molecule has 0 radical (unpaired) electrons. The number of nitrogens with two attached hydrogens (primary N) is 1. The molecule has 112 valence electrons. The minimum Gasteiger partial charge on any atom is -0.271 e. The Morgan fingerprint density at radius 2 is 1.90 bits per heavy atom. The average Bonchev–Trinajstić information content (AvgIpc) is 2.43. The van der Waals surface area contributed by atoms with Crippen LogP contribution in [0.5, 0.6) is 0 Å². The van der Waals surface area contributed by atoms with Crippen LogP contribution < -0.4 is 11.3 Å². The summed E-state index contributed by atoms with van der Waals surface area (Å²) in [7, 11) is 0. The van der Waals surface area contributed by atoms with E-state index in [9.17, 15) is 0 Å². The topological polar surface area (TPSA) is 63.8 Å². The molecule has 21 heavy (non-hydrogen) atoms. The molecule has 0 amide bonds. The summed E-state index contributed by atoms with van der Waals surface area (Å²) in [5, 5.41) is 8.29. The van der Waals surface area contributed by atoms with Gasteiger partial charge < -0.3 is 0 Å². The van der Waals surface area contributed by atoms with Gasteiger partial charge in [-0.2, -0.15) is 10.2 Å². The van der Waals surface area contributed by atoms with Crippen molar-refractivity contribution in [2.75, 3.05) is 0 Å². The van der Waals surface area contributed by atoms with Crippen molar-refractivity contribution in [1.29, 1.82) is 0 Å². The number of benzene rings is 1. The Labute approximate surface area is 126 Å². The van der Waals surface area contributed by atoms with Gasteiger partial charge in [-0.1, -0.05) is 38.1 Å². The van der Waals surface area contributed by atoms with Crippen LogP contribution in [-0.2, 0) is 6.42 Å². The molecule has 4 nitrogen and oxygen atoms in total. The molecule has 3 N–H and O–H groups in total. The van der Waals surface area contributed by atoms with E-state index in [4.69, 9.17) is 5.84 Å². The summed E-state index contributed by atoms with van der Waals surface area (Å²) in [5.41, 5.74) is 8.28. The van der Waals surface area contributed by atoms with E-state index in [1.54, 1.807) is 0 Å². The Balaban J connectivity index is 2.39. The van der Waals surface area contributed by atoms with E-state index in [1.807, 2.05) is 19.9 Å². The van der Waals surface area contributed by atoms with Crippen molar-refractivity contribution in [3.05, 3.63) is 58.4 Å². The molecule has 1 aromatic carbocycles. The molecule has 0 aliphatic carbocycles. The first kappa shape index (κ1) is 15.6. The van der Waals surface area contributed by atoms with E-state index in [0.29, 0.717) is 5.92 Å². The normalized spacial score (nSPS) is 12.7. The molecule has 1 atom stereocenters. The zero-order chi connectivity index (χ0) is 15.4. The fourth-order valence-electron chi connectivity index (χ4n) is 2.60. The van der Waals surface area contributed by atoms with Crippen LogP contribution in [0.4, 0.5) is 0 Å². The van der Waals surface area contributed by atoms with Crippen molar-refractivity contribution in [2.24, 2.45) is 11.8 Å². The molecule has 1 aromatic heterocycles. The maximum atomic E-state index is 5.81. The first-order chi connectivity index (χ1) is 10.0. The van der Waals surface area contributed by atoms with Crippen molar-refractivity contribution in [3.63, 3.8) is 0 Å². The molecule has 0 aliphatic rings. The molecule has 0 bridgehead atoms. The third kappa shape index (κ3) is 3.86. The maximum absolute atomic E-state index is 5.81. The number of rotatable bonds is 5. The van der Waals surface area contributed by atoms with Crippen molar-refractivity contribution < 1.29 is 0 Å². The van der Waals surface area contributed by atoms with Crippen LogP contribution in [0, 0.1) is 19.8 Å². The van der Waals surface area contributed by atoms with Gasteiger partial charge in [-0.15, -0.1) is 0 Å². The highest BCUT2D eigenvalue weighted by molar-refractivity contribution is 5.36. The Bertz CT molecular complexity index is 607. The van der Waals surface area contributed by atoms with E-state index < -0.39 is 0 Å². The molecular weight excluding hydrogens is 260 g/mol. The van der Waals surface area contributed by atoms with Gasteiger partial charge in [0.2, 0.25) is 0 Å². The lowest BCUT2D eigenvalue weighted by atomic mass is 9.94. The molecule has 2 rings (SSSR count). The molecule has 0 saturated carbocycles. The highest BCUT2D eigenvalue weighted by atomic mass is 15.2. The SMILES string of the molecule is Cc1cc(C(NN)c2cccc(CC(C)C)c2)c(C)nn1. The van der Waals surface area contributed by atoms with Gasteiger partial charge in [-0.3, -0.25) is 5.84 Å². The second kappa shape index (κ2) is 6.78. The van der Waals surface area contributed by atoms with Gasteiger partial charge in [-0.25, -0.2) is 5.43 Å². The first-order valence-corrected chi connectivity index (χ1v) is 7.37. The average molecular weight is 284 g/mol. The number of nitrogens with one attached hydrogen (secondary N) is 1. The lowest BCUT2D eigenvalue weighted by Crippen LogP contribution is -2.30. The minimum atomic E-state index is -0.0636. The first-order valence-electron chi connectivity index (χ1n) is 7.37. The molecule has 0 fully saturated rings. The van der Waals surface area contributed by atoms with Crippen LogP contribution in [0.15, 0.2) is 30.3 Å². The Kier molecular flexibility index (Phi) is 5.04. The number of aryl methyl sites for hydroxylation is 2. The largest absolute Gasteiger partial charge is 0.271 e. The number of nitrogens with zero attached hydrogens (tertiary/aromatic N) is 2. The van der Waals surface area contributed by atoms with E-state index in [0.717, 1.165) is 28.9 Å². The third-order valence-electron chi connectivity index (χ3n) is 3.55. The zero-order valence-electron chi connectivity index (χ0n) is 13.2. The summed E-state index contributed by atoms with van der Waals surface area (Å²) in [6.45, 7) is 8.36. The molecular formula is C17H24N4. The molecule has 1 unspecified atom stereocenters. The molecule has 0 spiro atoms. The number of aromatic nitrogens is 2. The third-order valence-corrected chi connectivity index (χ3v) is 3.55. The second-order valence-electron chi connectivity index (χ2n) is 5.97. The van der Waals surface area contributed by atoms with E-state index in [1.165, 1.54) is 5.56 Å². The van der Waals surface area contributed by atoms with Crippen LogP contribution in [0.1, 0.15) is 48.0 Å². The molecule has 4 heteroatoms. The fourth-order valence-corrected chi connectivity index (χ4v) is 2.60. The van der Waals surface area contributed by atoms with Crippen LogP contribution in [0.25, 0.3) is 0 Å². The monoisotopic (exact) mass is 284 g/mol. The van der Waals surface area contributed by atoms with Crippen molar-refractivity contribution in [3.8, 4) is 0 Å². The van der Waals surface area contributed by atoms with Gasteiger partial charge in [0.05, 0.1) is 17.4 Å². The predicted molar refractivity (Wildman–Crippen MR) is 85.7 cm³/mol. The molecule has 2 aromatic rings. The summed E-state index contributed by atoms with van der Waals surface area (Å²) >= 11 is 0. The number of hydrogen-bond donors (Lipinski definition) is 2. The Morgan fingerprint density at radius 1 is 1.14 bits per heavy atom. The molecule has 1 heterocycles. The van der Waals surface area contributed by atoms with Gasteiger partial charge in [0.1, 0.15) is 0 Å². The zero-order valence-corrected chi connectivity index (χ0v) is 13.2. The maximum Gasteiger partial charge on any atom is 0.0729 e.